The van der Waals surface area contributed by atoms with Gasteiger partial charge in [0.2, 0.25) is 0 Å². The topological polar surface area (TPSA) is 52.7 Å². The molecule has 0 saturated carbocycles. The Kier molecular flexibility index (Phi) is 3.02. The molecule has 2 heterocycles. The molecule has 0 unspecified atom stereocenters. The molecule has 1 fully saturated rings. The summed E-state index contributed by atoms with van der Waals surface area (Å²) in [5.41, 5.74) is 2.37. The van der Waals surface area contributed by atoms with E-state index in [2.05, 4.69) is 11.4 Å². The number of nitrogens with one attached hydrogen (secondary N) is 1. The van der Waals surface area contributed by atoms with E-state index in [0.29, 0.717) is 0 Å². The highest BCUT2D eigenvalue weighted by atomic mass is 32.1. The van der Waals surface area contributed by atoms with Crippen molar-refractivity contribution in [1.29, 1.82) is 0 Å². The molecule has 102 valence electrons. The summed E-state index contributed by atoms with van der Waals surface area (Å²) in [6.45, 7) is 0.761. The van der Waals surface area contributed by atoms with E-state index in [0.717, 1.165) is 18.7 Å². The van der Waals surface area contributed by atoms with Crippen molar-refractivity contribution >= 4 is 34.8 Å². The lowest BCUT2D eigenvalue weighted by atomic mass is 10.1. The van der Waals surface area contributed by atoms with Crippen LogP contribution >= 0.6 is 12.2 Å². The summed E-state index contributed by atoms with van der Waals surface area (Å²) >= 11 is 4.91. The van der Waals surface area contributed by atoms with Gasteiger partial charge in [-0.3, -0.25) is 19.8 Å². The number of hydrogen-bond acceptors (Lipinski definition) is 4. The van der Waals surface area contributed by atoms with Crippen LogP contribution in [0.5, 0.6) is 0 Å². The van der Waals surface area contributed by atoms with E-state index in [1.807, 2.05) is 23.1 Å². The summed E-state index contributed by atoms with van der Waals surface area (Å²) in [6.07, 6.45) is 2.52. The van der Waals surface area contributed by atoms with Crippen molar-refractivity contribution < 1.29 is 9.59 Å². The molecular formula is C14H13N3O2S. The Morgan fingerprint density at radius 3 is 2.85 bits per heavy atom. The molecule has 1 aromatic carbocycles. The Labute approximate surface area is 121 Å². The van der Waals surface area contributed by atoms with E-state index in [1.54, 1.807) is 13.2 Å². The van der Waals surface area contributed by atoms with Gasteiger partial charge in [0.25, 0.3) is 11.8 Å². The van der Waals surface area contributed by atoms with Gasteiger partial charge in [-0.25, -0.2) is 0 Å². The molecular weight excluding hydrogens is 274 g/mol. The predicted molar refractivity (Wildman–Crippen MR) is 79.1 cm³/mol. The Bertz CT molecular complexity index is 654. The maximum atomic E-state index is 12.1. The second kappa shape index (κ2) is 4.72. The summed E-state index contributed by atoms with van der Waals surface area (Å²) in [7, 11) is 1.55. The van der Waals surface area contributed by atoms with Crippen molar-refractivity contribution in [3.63, 3.8) is 0 Å². The number of likely N-dealkylation sites (N-methyl/N-ethyl adjacent to an activating group) is 1. The van der Waals surface area contributed by atoms with Gasteiger partial charge in [-0.15, -0.1) is 0 Å². The van der Waals surface area contributed by atoms with Gasteiger partial charge >= 0.3 is 0 Å². The Morgan fingerprint density at radius 2 is 2.05 bits per heavy atom. The fourth-order valence-electron chi connectivity index (χ4n) is 2.39. The molecule has 20 heavy (non-hydrogen) atoms. The summed E-state index contributed by atoms with van der Waals surface area (Å²) in [6, 6.07) is 7.97. The number of anilines is 1. The molecule has 0 bridgehead atoms. The van der Waals surface area contributed by atoms with Crippen LogP contribution in [0.1, 0.15) is 5.56 Å². The van der Waals surface area contributed by atoms with Gasteiger partial charge in [0.05, 0.1) is 0 Å². The standard InChI is InChI=1S/C14H13N3O2S/c1-16-13(19)10(12(18)15-14(16)20)8-17-7-6-9-4-2-3-5-11(9)17/h2-5,8H,6-7H2,1H3,(H,15,18,20). The van der Waals surface area contributed by atoms with Crippen molar-refractivity contribution in [2.24, 2.45) is 0 Å². The van der Waals surface area contributed by atoms with Crippen LogP contribution in [0.25, 0.3) is 0 Å². The number of benzene rings is 1. The molecule has 1 N–H and O–H groups in total. The highest BCUT2D eigenvalue weighted by Crippen LogP contribution is 2.28. The van der Waals surface area contributed by atoms with Crippen LogP contribution in [-0.2, 0) is 16.0 Å². The average Bonchev–Trinajstić information content (AvgIpc) is 2.84. The van der Waals surface area contributed by atoms with Crippen molar-refractivity contribution in [2.45, 2.75) is 6.42 Å². The molecule has 1 saturated heterocycles. The molecule has 0 radical (unpaired) electrons. The summed E-state index contributed by atoms with van der Waals surface area (Å²) in [5, 5.41) is 2.65. The number of carbonyl (C=O) groups excluding carboxylic acids is 2. The molecule has 0 aromatic heterocycles. The lowest BCUT2D eigenvalue weighted by molar-refractivity contribution is -0.128. The highest BCUT2D eigenvalue weighted by molar-refractivity contribution is 7.80. The van der Waals surface area contributed by atoms with Crippen LogP contribution in [0.15, 0.2) is 36.0 Å². The van der Waals surface area contributed by atoms with Crippen LogP contribution in [0.3, 0.4) is 0 Å². The molecule has 0 atom stereocenters. The lowest BCUT2D eigenvalue weighted by Gasteiger charge is -2.26. The number of carbonyl (C=O) groups is 2. The second-order valence-electron chi connectivity index (χ2n) is 4.74. The zero-order chi connectivity index (χ0) is 14.3. The molecule has 0 aliphatic carbocycles. The Balaban J connectivity index is 1.95. The number of hydrogen-bond donors (Lipinski definition) is 1. The first kappa shape index (κ1) is 12.8. The predicted octanol–water partition coefficient (Wildman–Crippen LogP) is 0.806. The average molecular weight is 287 g/mol. The fraction of sp³-hybridized carbons (Fsp3) is 0.214. The number of para-hydroxylation sites is 1. The third-order valence-corrected chi connectivity index (χ3v) is 3.89. The van der Waals surface area contributed by atoms with Crippen LogP contribution in [0, 0.1) is 0 Å². The minimum atomic E-state index is -0.442. The number of amides is 2. The van der Waals surface area contributed by atoms with Crippen LogP contribution in [-0.4, -0.2) is 35.4 Å². The monoisotopic (exact) mass is 287 g/mol. The van der Waals surface area contributed by atoms with E-state index < -0.39 is 5.91 Å². The maximum absolute atomic E-state index is 12.1. The van der Waals surface area contributed by atoms with Gasteiger partial charge in [-0.2, -0.15) is 0 Å². The first-order valence-electron chi connectivity index (χ1n) is 6.27. The number of rotatable bonds is 1. The van der Waals surface area contributed by atoms with E-state index in [-0.39, 0.29) is 16.6 Å². The first-order valence-corrected chi connectivity index (χ1v) is 6.68. The van der Waals surface area contributed by atoms with Crippen LogP contribution in [0.4, 0.5) is 5.69 Å². The summed E-state index contributed by atoms with van der Waals surface area (Å²) < 4.78 is 0. The minimum absolute atomic E-state index is 0.109. The summed E-state index contributed by atoms with van der Waals surface area (Å²) in [4.78, 5) is 27.3. The number of fused-ring (bicyclic) bond motifs is 1. The highest BCUT2D eigenvalue weighted by Gasteiger charge is 2.32. The van der Waals surface area contributed by atoms with Gasteiger partial charge in [0, 0.05) is 25.5 Å². The van der Waals surface area contributed by atoms with Crippen LogP contribution < -0.4 is 10.2 Å². The molecule has 3 rings (SSSR count). The third kappa shape index (κ3) is 1.98. The minimum Gasteiger partial charge on any atom is -0.346 e. The maximum Gasteiger partial charge on any atom is 0.266 e. The van der Waals surface area contributed by atoms with Gasteiger partial charge in [-0.1, -0.05) is 18.2 Å². The SMILES string of the molecule is CN1C(=O)C(=CN2CCc3ccccc32)C(=O)NC1=S. The molecule has 0 spiro atoms. The molecule has 2 aliphatic rings. The van der Waals surface area contributed by atoms with Crippen LogP contribution in [0.2, 0.25) is 0 Å². The largest absolute Gasteiger partial charge is 0.346 e. The molecule has 2 aliphatic heterocycles. The van der Waals surface area contributed by atoms with Gasteiger partial charge in [0.15, 0.2) is 5.11 Å². The zero-order valence-electron chi connectivity index (χ0n) is 10.9. The Morgan fingerprint density at radius 1 is 1.30 bits per heavy atom. The quantitative estimate of drug-likeness (QED) is 0.472. The number of thiocarbonyl (C=S) groups is 1. The van der Waals surface area contributed by atoms with Crippen molar-refractivity contribution in [3.8, 4) is 0 Å². The smallest absolute Gasteiger partial charge is 0.266 e. The van der Waals surface area contributed by atoms with E-state index in [1.165, 1.54) is 10.5 Å². The van der Waals surface area contributed by atoms with E-state index in [4.69, 9.17) is 12.2 Å². The van der Waals surface area contributed by atoms with E-state index >= 15 is 0 Å². The van der Waals surface area contributed by atoms with Gasteiger partial charge < -0.3 is 4.90 Å². The molecule has 1 aromatic rings. The summed E-state index contributed by atoms with van der Waals surface area (Å²) in [5.74, 6) is -0.814. The second-order valence-corrected chi connectivity index (χ2v) is 5.13. The van der Waals surface area contributed by atoms with E-state index in [9.17, 15) is 9.59 Å². The molecule has 2 amide bonds. The van der Waals surface area contributed by atoms with Gasteiger partial charge in [-0.05, 0) is 30.3 Å². The Hall–Kier alpha value is -2.21. The molecule has 6 heteroatoms. The fourth-order valence-corrected chi connectivity index (χ4v) is 2.56. The zero-order valence-corrected chi connectivity index (χ0v) is 11.7. The third-order valence-electron chi connectivity index (χ3n) is 3.51. The van der Waals surface area contributed by atoms with Crippen molar-refractivity contribution in [1.82, 2.24) is 10.2 Å². The number of nitrogens with zero attached hydrogens (tertiary/aromatic N) is 2. The van der Waals surface area contributed by atoms with Gasteiger partial charge in [0.1, 0.15) is 5.57 Å². The molecule has 5 nitrogen and oxygen atoms in total. The van der Waals surface area contributed by atoms with Crippen molar-refractivity contribution in [3.05, 3.63) is 41.6 Å². The normalized spacial score (nSPS) is 20.4. The first-order chi connectivity index (χ1) is 9.58. The lowest BCUT2D eigenvalue weighted by Crippen LogP contribution is -2.52. The van der Waals surface area contributed by atoms with Crippen molar-refractivity contribution in [2.75, 3.05) is 18.5 Å².